The van der Waals surface area contributed by atoms with Gasteiger partial charge in [0.1, 0.15) is 0 Å². The van der Waals surface area contributed by atoms with Crippen LogP contribution in [0.2, 0.25) is 0 Å². The molecule has 0 radical (unpaired) electrons. The van der Waals surface area contributed by atoms with E-state index in [9.17, 15) is 0 Å². The van der Waals surface area contributed by atoms with Gasteiger partial charge in [-0.1, -0.05) is 58.8 Å². The van der Waals surface area contributed by atoms with Crippen LogP contribution in [0.1, 0.15) is 168 Å². The van der Waals surface area contributed by atoms with E-state index in [1.807, 2.05) is 0 Å². The van der Waals surface area contributed by atoms with Gasteiger partial charge in [-0.25, -0.2) is 0 Å². The summed E-state index contributed by atoms with van der Waals surface area (Å²) in [4.78, 5) is 0. The van der Waals surface area contributed by atoms with Crippen molar-refractivity contribution in [3.8, 4) is 0 Å². The van der Waals surface area contributed by atoms with Gasteiger partial charge in [0.2, 0.25) is 0 Å². The highest BCUT2D eigenvalue weighted by Crippen LogP contribution is 2.66. The van der Waals surface area contributed by atoms with Crippen LogP contribution in [0.25, 0.3) is 0 Å². The molecule has 43 heavy (non-hydrogen) atoms. The zero-order valence-electron chi connectivity index (χ0n) is 28.7. The standard InChI is InChI=1S/C43H70/c1-43(2)40-14-8-7-12-36(40)37-22-21-30(26-41(37)43)29-18-15-27-16-19-31(24-33(27)23-29)39-25-32-20-17-28-9-3-4-10-34(28)42(32)38-13-6-5-11-35(38)39/h27-42H,3-26H2,1-2H3. The van der Waals surface area contributed by atoms with Gasteiger partial charge in [0, 0.05) is 0 Å². The fraction of sp³-hybridized carbons (Fsp3) is 1.00. The lowest BCUT2D eigenvalue weighted by Crippen LogP contribution is -2.51. The molecule has 9 fully saturated rings. The SMILES string of the molecule is CC1(C)C2CCCCC2C2CCC(C3CCC4CCC(C5CC6CCC7CCCCC7C6C6CCCCC56)CC4C3)CC21. The van der Waals surface area contributed by atoms with E-state index in [0.29, 0.717) is 5.41 Å². The Morgan fingerprint density at radius 1 is 0.302 bits per heavy atom. The van der Waals surface area contributed by atoms with Crippen LogP contribution in [0, 0.1) is 100 Å². The van der Waals surface area contributed by atoms with Gasteiger partial charge in [-0.2, -0.15) is 0 Å². The second kappa shape index (κ2) is 11.6. The fourth-order valence-corrected chi connectivity index (χ4v) is 17.0. The molecule has 0 amide bonds. The predicted octanol–water partition coefficient (Wildman–Crippen LogP) is 12.4. The molecule has 0 aromatic heterocycles. The van der Waals surface area contributed by atoms with Crippen LogP contribution in [0.3, 0.4) is 0 Å². The largest absolute Gasteiger partial charge is 0.0594 e. The molecule has 0 heterocycles. The van der Waals surface area contributed by atoms with Crippen LogP contribution in [-0.2, 0) is 0 Å². The third kappa shape index (κ3) is 4.91. The minimum atomic E-state index is 0.633. The van der Waals surface area contributed by atoms with Crippen LogP contribution < -0.4 is 0 Å². The van der Waals surface area contributed by atoms with Crippen molar-refractivity contribution >= 4 is 0 Å². The van der Waals surface area contributed by atoms with Crippen molar-refractivity contribution < 1.29 is 0 Å². The van der Waals surface area contributed by atoms with Crippen molar-refractivity contribution in [3.05, 3.63) is 0 Å². The second-order valence-corrected chi connectivity index (χ2v) is 20.0. The molecule has 0 aromatic carbocycles. The first-order valence-electron chi connectivity index (χ1n) is 21.1. The van der Waals surface area contributed by atoms with E-state index in [4.69, 9.17) is 0 Å². The van der Waals surface area contributed by atoms with Crippen molar-refractivity contribution in [2.75, 3.05) is 0 Å². The first kappa shape index (κ1) is 29.2. The monoisotopic (exact) mass is 587 g/mol. The molecule has 9 rings (SSSR count). The van der Waals surface area contributed by atoms with Gasteiger partial charge >= 0.3 is 0 Å². The molecule has 0 heteroatoms. The smallest absolute Gasteiger partial charge is 0.0292 e. The highest BCUT2D eigenvalue weighted by molar-refractivity contribution is 5.07. The summed E-state index contributed by atoms with van der Waals surface area (Å²) in [6.07, 6.45) is 38.6. The quantitative estimate of drug-likeness (QED) is 0.302. The molecule has 242 valence electrons. The highest BCUT2D eigenvalue weighted by atomic mass is 14.6. The molecule has 0 spiro atoms. The fourth-order valence-electron chi connectivity index (χ4n) is 17.0. The van der Waals surface area contributed by atoms with Crippen molar-refractivity contribution in [2.45, 2.75) is 168 Å². The Kier molecular flexibility index (Phi) is 7.87. The molecule has 0 nitrogen and oxygen atoms in total. The molecule has 0 N–H and O–H groups in total. The predicted molar refractivity (Wildman–Crippen MR) is 180 cm³/mol. The summed E-state index contributed by atoms with van der Waals surface area (Å²) in [6, 6.07) is 0. The molecule has 9 aliphatic rings. The Morgan fingerprint density at radius 3 is 1.72 bits per heavy atom. The normalized spacial score (nSPS) is 56.0. The molecule has 9 aliphatic carbocycles. The van der Waals surface area contributed by atoms with Gasteiger partial charge in [-0.05, 0) is 209 Å². The number of rotatable bonds is 2. The van der Waals surface area contributed by atoms with Gasteiger partial charge in [-0.3, -0.25) is 0 Å². The lowest BCUT2D eigenvalue weighted by atomic mass is 9.46. The van der Waals surface area contributed by atoms with Crippen molar-refractivity contribution in [3.63, 3.8) is 0 Å². The molecular weight excluding hydrogens is 516 g/mol. The Hall–Kier alpha value is 0. The van der Waals surface area contributed by atoms with Crippen LogP contribution in [0.5, 0.6) is 0 Å². The number of hydrogen-bond acceptors (Lipinski definition) is 0. The van der Waals surface area contributed by atoms with Crippen molar-refractivity contribution in [1.82, 2.24) is 0 Å². The Bertz CT molecular complexity index is 977. The zero-order valence-corrected chi connectivity index (χ0v) is 28.7. The molecular formula is C43H70. The molecule has 0 saturated heterocycles. The molecule has 0 aromatic rings. The van der Waals surface area contributed by atoms with E-state index in [0.717, 1.165) is 94.7 Å². The maximum Gasteiger partial charge on any atom is -0.0292 e. The van der Waals surface area contributed by atoms with Gasteiger partial charge in [0.25, 0.3) is 0 Å². The summed E-state index contributed by atoms with van der Waals surface area (Å²) in [5.74, 6) is 17.9. The average molecular weight is 587 g/mol. The zero-order chi connectivity index (χ0) is 28.7. The van der Waals surface area contributed by atoms with Crippen LogP contribution in [0.4, 0.5) is 0 Å². The third-order valence-electron chi connectivity index (χ3n) is 18.6. The Balaban J connectivity index is 0.882. The molecule has 0 bridgehead atoms. The van der Waals surface area contributed by atoms with Crippen LogP contribution >= 0.6 is 0 Å². The van der Waals surface area contributed by atoms with Gasteiger partial charge in [0.05, 0.1) is 0 Å². The van der Waals surface area contributed by atoms with E-state index in [-0.39, 0.29) is 0 Å². The van der Waals surface area contributed by atoms with Crippen molar-refractivity contribution in [1.29, 1.82) is 0 Å². The number of fused-ring (bicyclic) bond motifs is 9. The molecule has 9 saturated carbocycles. The van der Waals surface area contributed by atoms with E-state index >= 15 is 0 Å². The third-order valence-corrected chi connectivity index (χ3v) is 18.6. The molecule has 0 aliphatic heterocycles. The number of hydrogen-bond donors (Lipinski definition) is 0. The summed E-state index contributed by atoms with van der Waals surface area (Å²) in [5.41, 5.74) is 0.633. The summed E-state index contributed by atoms with van der Waals surface area (Å²) in [5, 5.41) is 0. The first-order chi connectivity index (χ1) is 21.1. The summed E-state index contributed by atoms with van der Waals surface area (Å²) in [7, 11) is 0. The second-order valence-electron chi connectivity index (χ2n) is 20.0. The molecule has 16 atom stereocenters. The minimum absolute atomic E-state index is 0.633. The average Bonchev–Trinajstić information content (AvgIpc) is 3.29. The summed E-state index contributed by atoms with van der Waals surface area (Å²) >= 11 is 0. The lowest BCUT2D eigenvalue weighted by molar-refractivity contribution is -0.0980. The van der Waals surface area contributed by atoms with E-state index < -0.39 is 0 Å². The minimum Gasteiger partial charge on any atom is -0.0594 e. The topological polar surface area (TPSA) is 0 Å². The Labute approximate surface area is 267 Å². The maximum atomic E-state index is 2.74. The van der Waals surface area contributed by atoms with Crippen molar-refractivity contribution in [2.24, 2.45) is 100 Å². The highest BCUT2D eigenvalue weighted by Gasteiger charge is 2.58. The Morgan fingerprint density at radius 2 is 0.860 bits per heavy atom. The van der Waals surface area contributed by atoms with Gasteiger partial charge < -0.3 is 0 Å². The lowest BCUT2D eigenvalue weighted by Gasteiger charge is -2.59. The van der Waals surface area contributed by atoms with E-state index in [2.05, 4.69) is 13.8 Å². The summed E-state index contributed by atoms with van der Waals surface area (Å²) in [6.45, 7) is 5.47. The van der Waals surface area contributed by atoms with E-state index in [1.54, 1.807) is 148 Å². The molecule has 16 unspecified atom stereocenters. The van der Waals surface area contributed by atoms with E-state index in [1.165, 1.54) is 6.42 Å². The van der Waals surface area contributed by atoms with Gasteiger partial charge in [0.15, 0.2) is 0 Å². The van der Waals surface area contributed by atoms with Crippen LogP contribution in [0.15, 0.2) is 0 Å². The maximum absolute atomic E-state index is 2.74. The first-order valence-corrected chi connectivity index (χ1v) is 21.1. The van der Waals surface area contributed by atoms with Gasteiger partial charge in [-0.15, -0.1) is 0 Å². The summed E-state index contributed by atoms with van der Waals surface area (Å²) < 4.78 is 0. The van der Waals surface area contributed by atoms with Crippen LogP contribution in [-0.4, -0.2) is 0 Å².